The number of nitrogens with two attached hydrogens (primary N) is 1. The Hall–Kier alpha value is -2.12. The van der Waals surface area contributed by atoms with Crippen molar-refractivity contribution in [2.75, 3.05) is 13.1 Å². The van der Waals surface area contributed by atoms with Gasteiger partial charge in [-0.25, -0.2) is 4.79 Å². The molecule has 4 amide bonds. The maximum absolute atomic E-state index is 12.2. The van der Waals surface area contributed by atoms with Crippen LogP contribution in [-0.2, 0) is 11.3 Å². The second kappa shape index (κ2) is 8.82. The van der Waals surface area contributed by atoms with E-state index in [2.05, 4.69) is 10.6 Å². The standard InChI is InChI=1S/C17H24N4O3.ClH/c1-3-17(18,4-2)11-20-15(23)13-7-5-12(6-8-13)10-21-14(22)9-19-16(21)24;/h5-8H,3-4,9-11,18H2,1-2H3,(H,19,24)(H,20,23);1H. The lowest BCUT2D eigenvalue weighted by atomic mass is 9.94. The Morgan fingerprint density at radius 3 is 2.32 bits per heavy atom. The van der Waals surface area contributed by atoms with Crippen LogP contribution in [0.1, 0.15) is 42.6 Å². The summed E-state index contributed by atoms with van der Waals surface area (Å²) >= 11 is 0. The number of benzene rings is 1. The van der Waals surface area contributed by atoms with Gasteiger partial charge in [-0.2, -0.15) is 0 Å². The lowest BCUT2D eigenvalue weighted by Crippen LogP contribution is -2.49. The number of hydrogen-bond donors (Lipinski definition) is 3. The van der Waals surface area contributed by atoms with Gasteiger partial charge in [0.2, 0.25) is 5.91 Å². The van der Waals surface area contributed by atoms with Crippen LogP contribution in [0, 0.1) is 0 Å². The van der Waals surface area contributed by atoms with E-state index in [-0.39, 0.29) is 48.9 Å². The van der Waals surface area contributed by atoms with Crippen molar-refractivity contribution in [2.45, 2.75) is 38.8 Å². The molecule has 0 radical (unpaired) electrons. The van der Waals surface area contributed by atoms with Gasteiger partial charge < -0.3 is 16.4 Å². The fourth-order valence-electron chi connectivity index (χ4n) is 2.42. The summed E-state index contributed by atoms with van der Waals surface area (Å²) in [6.45, 7) is 4.66. The molecule has 8 heteroatoms. The van der Waals surface area contributed by atoms with Crippen molar-refractivity contribution in [1.82, 2.24) is 15.5 Å². The first kappa shape index (κ1) is 20.9. The quantitative estimate of drug-likeness (QED) is 0.633. The van der Waals surface area contributed by atoms with Gasteiger partial charge in [-0.05, 0) is 30.5 Å². The monoisotopic (exact) mass is 368 g/mol. The molecule has 0 bridgehead atoms. The highest BCUT2D eigenvalue weighted by molar-refractivity contribution is 6.01. The van der Waals surface area contributed by atoms with Gasteiger partial charge in [-0.1, -0.05) is 26.0 Å². The molecule has 1 heterocycles. The van der Waals surface area contributed by atoms with Crippen molar-refractivity contribution in [3.63, 3.8) is 0 Å². The molecule has 1 saturated heterocycles. The third kappa shape index (κ3) is 5.17. The van der Waals surface area contributed by atoms with Crippen LogP contribution in [0.15, 0.2) is 24.3 Å². The predicted molar refractivity (Wildman–Crippen MR) is 97.5 cm³/mol. The Bertz CT molecular complexity index is 613. The van der Waals surface area contributed by atoms with Crippen LogP contribution in [0.4, 0.5) is 4.79 Å². The fourth-order valence-corrected chi connectivity index (χ4v) is 2.42. The minimum atomic E-state index is -0.390. The van der Waals surface area contributed by atoms with Gasteiger partial charge in [0, 0.05) is 17.6 Å². The molecule has 1 aliphatic heterocycles. The molecule has 2 rings (SSSR count). The lowest BCUT2D eigenvalue weighted by Gasteiger charge is -2.26. The first-order chi connectivity index (χ1) is 11.4. The molecule has 0 aliphatic carbocycles. The Kier molecular flexibility index (Phi) is 7.38. The second-order valence-electron chi connectivity index (χ2n) is 6.09. The molecule has 25 heavy (non-hydrogen) atoms. The van der Waals surface area contributed by atoms with Gasteiger partial charge >= 0.3 is 6.03 Å². The molecular weight excluding hydrogens is 344 g/mol. The molecule has 1 aliphatic rings. The number of halogens is 1. The third-order valence-electron chi connectivity index (χ3n) is 4.50. The molecule has 0 spiro atoms. The van der Waals surface area contributed by atoms with E-state index in [1.807, 2.05) is 13.8 Å². The van der Waals surface area contributed by atoms with Crippen molar-refractivity contribution in [2.24, 2.45) is 5.73 Å². The minimum Gasteiger partial charge on any atom is -0.350 e. The van der Waals surface area contributed by atoms with Crippen LogP contribution in [-0.4, -0.2) is 41.4 Å². The predicted octanol–water partition coefficient (Wildman–Crippen LogP) is 1.41. The summed E-state index contributed by atoms with van der Waals surface area (Å²) in [4.78, 5) is 36.4. The smallest absolute Gasteiger partial charge is 0.324 e. The van der Waals surface area contributed by atoms with E-state index in [1.54, 1.807) is 24.3 Å². The summed E-state index contributed by atoms with van der Waals surface area (Å²) in [7, 11) is 0. The number of amides is 4. The van der Waals surface area contributed by atoms with E-state index in [0.717, 1.165) is 23.3 Å². The zero-order valence-electron chi connectivity index (χ0n) is 14.5. The van der Waals surface area contributed by atoms with Crippen LogP contribution in [0.25, 0.3) is 0 Å². The normalized spacial score (nSPS) is 14.1. The highest BCUT2D eigenvalue weighted by Crippen LogP contribution is 2.12. The largest absolute Gasteiger partial charge is 0.350 e. The number of nitrogens with one attached hydrogen (secondary N) is 2. The van der Waals surface area contributed by atoms with Crippen LogP contribution in [0.2, 0.25) is 0 Å². The number of carbonyl (C=O) groups is 3. The average molecular weight is 369 g/mol. The zero-order chi connectivity index (χ0) is 17.7. The Morgan fingerprint density at radius 2 is 1.84 bits per heavy atom. The Morgan fingerprint density at radius 1 is 1.24 bits per heavy atom. The van der Waals surface area contributed by atoms with Crippen molar-refractivity contribution in [1.29, 1.82) is 0 Å². The molecule has 4 N–H and O–H groups in total. The zero-order valence-corrected chi connectivity index (χ0v) is 15.3. The summed E-state index contributed by atoms with van der Waals surface area (Å²) < 4.78 is 0. The highest BCUT2D eigenvalue weighted by Gasteiger charge is 2.28. The SMILES string of the molecule is CCC(N)(CC)CNC(=O)c1ccc(CN2C(=O)CNC2=O)cc1.Cl. The Labute approximate surface area is 153 Å². The van der Waals surface area contributed by atoms with E-state index < -0.39 is 0 Å². The maximum atomic E-state index is 12.2. The number of rotatable bonds is 7. The second-order valence-corrected chi connectivity index (χ2v) is 6.09. The van der Waals surface area contributed by atoms with Crippen LogP contribution in [0.3, 0.4) is 0 Å². The highest BCUT2D eigenvalue weighted by atomic mass is 35.5. The van der Waals surface area contributed by atoms with Crippen LogP contribution < -0.4 is 16.4 Å². The number of imide groups is 1. The summed E-state index contributed by atoms with van der Waals surface area (Å²) in [5, 5.41) is 5.33. The number of hydrogen-bond acceptors (Lipinski definition) is 4. The fraction of sp³-hybridized carbons (Fsp3) is 0.471. The summed E-state index contributed by atoms with van der Waals surface area (Å²) in [6.07, 6.45) is 1.57. The summed E-state index contributed by atoms with van der Waals surface area (Å²) in [5.41, 5.74) is 7.09. The first-order valence-corrected chi connectivity index (χ1v) is 8.12. The Balaban J connectivity index is 0.00000312. The van der Waals surface area contributed by atoms with Gasteiger partial charge in [0.25, 0.3) is 5.91 Å². The van der Waals surface area contributed by atoms with E-state index in [4.69, 9.17) is 5.73 Å². The third-order valence-corrected chi connectivity index (χ3v) is 4.50. The van der Waals surface area contributed by atoms with Gasteiger partial charge in [0.1, 0.15) is 0 Å². The average Bonchev–Trinajstić information content (AvgIpc) is 2.92. The molecule has 7 nitrogen and oxygen atoms in total. The van der Waals surface area contributed by atoms with Crippen molar-refractivity contribution in [3.8, 4) is 0 Å². The number of urea groups is 1. The molecule has 1 aromatic rings. The summed E-state index contributed by atoms with van der Waals surface area (Å²) in [5.74, 6) is -0.437. The lowest BCUT2D eigenvalue weighted by molar-refractivity contribution is -0.125. The van der Waals surface area contributed by atoms with E-state index in [0.29, 0.717) is 12.1 Å². The topological polar surface area (TPSA) is 105 Å². The number of nitrogens with zero attached hydrogens (tertiary/aromatic N) is 1. The molecule has 0 saturated carbocycles. The molecule has 0 atom stereocenters. The molecule has 0 aromatic heterocycles. The van der Waals surface area contributed by atoms with Crippen LogP contribution in [0.5, 0.6) is 0 Å². The minimum absolute atomic E-state index is 0. The molecule has 1 aromatic carbocycles. The summed E-state index contributed by atoms with van der Waals surface area (Å²) in [6, 6.07) is 6.45. The maximum Gasteiger partial charge on any atom is 0.324 e. The molecular formula is C17H25ClN4O3. The van der Waals surface area contributed by atoms with Gasteiger partial charge in [0.15, 0.2) is 0 Å². The molecule has 138 valence electrons. The van der Waals surface area contributed by atoms with E-state index >= 15 is 0 Å². The van der Waals surface area contributed by atoms with Gasteiger partial charge in [0.05, 0.1) is 13.1 Å². The van der Waals surface area contributed by atoms with E-state index in [1.165, 1.54) is 0 Å². The van der Waals surface area contributed by atoms with E-state index in [9.17, 15) is 14.4 Å². The molecule has 0 unspecified atom stereocenters. The van der Waals surface area contributed by atoms with Gasteiger partial charge in [-0.15, -0.1) is 12.4 Å². The van der Waals surface area contributed by atoms with Crippen molar-refractivity contribution >= 4 is 30.3 Å². The van der Waals surface area contributed by atoms with Gasteiger partial charge in [-0.3, -0.25) is 14.5 Å². The first-order valence-electron chi connectivity index (χ1n) is 8.12. The number of carbonyl (C=O) groups excluding carboxylic acids is 3. The van der Waals surface area contributed by atoms with Crippen molar-refractivity contribution < 1.29 is 14.4 Å². The van der Waals surface area contributed by atoms with Crippen molar-refractivity contribution in [3.05, 3.63) is 35.4 Å². The van der Waals surface area contributed by atoms with Crippen LogP contribution >= 0.6 is 12.4 Å². The molecule has 1 fully saturated rings.